The number of ether oxygens (including phenoxy) is 1. The van der Waals surface area contributed by atoms with Crippen LogP contribution < -0.4 is 5.32 Å². The number of carbonyl (C=O) groups is 2. The number of nitrogens with zero attached hydrogens (tertiary/aromatic N) is 2. The van der Waals surface area contributed by atoms with Crippen molar-refractivity contribution in [2.24, 2.45) is 0 Å². The summed E-state index contributed by atoms with van der Waals surface area (Å²) in [5.41, 5.74) is 0.719. The third-order valence-electron chi connectivity index (χ3n) is 3.92. The maximum atomic E-state index is 12.2. The Morgan fingerprint density at radius 2 is 2.00 bits per heavy atom. The van der Waals surface area contributed by atoms with Crippen LogP contribution in [-0.4, -0.2) is 33.7 Å². The Morgan fingerprint density at radius 3 is 2.70 bits per heavy atom. The van der Waals surface area contributed by atoms with Gasteiger partial charge in [-0.15, -0.1) is 0 Å². The van der Waals surface area contributed by atoms with Crippen molar-refractivity contribution in [1.82, 2.24) is 15.5 Å². The highest BCUT2D eigenvalue weighted by atomic mass is 16.5. The molecule has 3 rings (SSSR count). The minimum atomic E-state index is -1.00. The Labute approximate surface area is 155 Å². The highest BCUT2D eigenvalue weighted by Crippen LogP contribution is 2.22. The number of hydrogen-bond donors (Lipinski definition) is 2. The number of amides is 1. The fourth-order valence-electron chi connectivity index (χ4n) is 2.72. The summed E-state index contributed by atoms with van der Waals surface area (Å²) in [6.07, 6.45) is -0.229. The monoisotopic (exact) mass is 369 g/mol. The van der Waals surface area contributed by atoms with Gasteiger partial charge in [-0.25, -0.2) is 0 Å². The Hall–Kier alpha value is -3.26. The van der Waals surface area contributed by atoms with Crippen molar-refractivity contribution in [3.05, 3.63) is 59.7 Å². The van der Waals surface area contributed by atoms with Crippen LogP contribution in [0, 0.1) is 6.92 Å². The molecule has 0 radical (unpaired) electrons. The molecular formula is C19H19N3O5. The minimum Gasteiger partial charge on any atom is -0.481 e. The molecule has 0 bridgehead atoms. The second kappa shape index (κ2) is 8.41. The van der Waals surface area contributed by atoms with Crippen molar-refractivity contribution in [3.63, 3.8) is 0 Å². The Kier molecular flexibility index (Phi) is 5.77. The summed E-state index contributed by atoms with van der Waals surface area (Å²) < 4.78 is 10.1. The van der Waals surface area contributed by atoms with E-state index in [0.717, 1.165) is 16.3 Å². The molecule has 0 fully saturated rings. The highest BCUT2D eigenvalue weighted by Gasteiger charge is 2.19. The van der Waals surface area contributed by atoms with Gasteiger partial charge in [-0.05, 0) is 29.3 Å². The first-order valence-corrected chi connectivity index (χ1v) is 8.38. The zero-order valence-electron chi connectivity index (χ0n) is 14.7. The number of fused-ring (bicyclic) bond motifs is 1. The molecule has 0 aliphatic rings. The van der Waals surface area contributed by atoms with Crippen molar-refractivity contribution in [3.8, 4) is 0 Å². The normalized spacial score (nSPS) is 12.0. The van der Waals surface area contributed by atoms with Gasteiger partial charge in [0.1, 0.15) is 13.2 Å². The van der Waals surface area contributed by atoms with Crippen LogP contribution in [0.4, 0.5) is 0 Å². The smallest absolute Gasteiger partial charge is 0.305 e. The summed E-state index contributed by atoms with van der Waals surface area (Å²) >= 11 is 0. The highest BCUT2D eigenvalue weighted by molar-refractivity contribution is 5.84. The third-order valence-corrected chi connectivity index (χ3v) is 3.92. The van der Waals surface area contributed by atoms with E-state index >= 15 is 0 Å². The van der Waals surface area contributed by atoms with E-state index in [1.54, 1.807) is 6.92 Å². The van der Waals surface area contributed by atoms with E-state index in [4.69, 9.17) is 9.26 Å². The van der Waals surface area contributed by atoms with Crippen LogP contribution in [-0.2, 0) is 20.9 Å². The van der Waals surface area contributed by atoms with Crippen molar-refractivity contribution >= 4 is 22.6 Å². The van der Waals surface area contributed by atoms with E-state index in [0.29, 0.717) is 5.82 Å². The zero-order valence-corrected chi connectivity index (χ0v) is 14.7. The summed E-state index contributed by atoms with van der Waals surface area (Å²) in [4.78, 5) is 27.4. The summed E-state index contributed by atoms with van der Waals surface area (Å²) in [6.45, 7) is 1.44. The van der Waals surface area contributed by atoms with Crippen molar-refractivity contribution < 1.29 is 24.0 Å². The van der Waals surface area contributed by atoms with Crippen molar-refractivity contribution in [2.45, 2.75) is 26.0 Å². The predicted octanol–water partition coefficient (Wildman–Crippen LogP) is 2.38. The summed E-state index contributed by atoms with van der Waals surface area (Å²) in [7, 11) is 0. The lowest BCUT2D eigenvalue weighted by Crippen LogP contribution is -2.33. The minimum absolute atomic E-state index is 0.00777. The van der Waals surface area contributed by atoms with Gasteiger partial charge in [0.15, 0.2) is 5.82 Å². The van der Waals surface area contributed by atoms with Crippen LogP contribution in [0.3, 0.4) is 0 Å². The Bertz CT molecular complexity index is 953. The van der Waals surface area contributed by atoms with Gasteiger partial charge in [0.2, 0.25) is 5.91 Å². The van der Waals surface area contributed by atoms with Gasteiger partial charge in [-0.1, -0.05) is 41.6 Å². The molecule has 0 aliphatic carbocycles. The molecule has 0 aliphatic heterocycles. The summed E-state index contributed by atoms with van der Waals surface area (Å²) in [6, 6.07) is 12.7. The van der Waals surface area contributed by atoms with Crippen LogP contribution in [0.2, 0.25) is 0 Å². The number of rotatable bonds is 8. The van der Waals surface area contributed by atoms with Gasteiger partial charge in [-0.2, -0.15) is 4.98 Å². The maximum Gasteiger partial charge on any atom is 0.305 e. The number of aryl methyl sites for hydroxylation is 1. The van der Waals surface area contributed by atoms with Gasteiger partial charge in [0.05, 0.1) is 12.5 Å². The second-order valence-electron chi connectivity index (χ2n) is 6.05. The van der Waals surface area contributed by atoms with E-state index in [9.17, 15) is 14.7 Å². The van der Waals surface area contributed by atoms with Crippen LogP contribution in [0.1, 0.15) is 29.7 Å². The average Bonchev–Trinajstić information content (AvgIpc) is 3.05. The van der Waals surface area contributed by atoms with Crippen molar-refractivity contribution in [1.29, 1.82) is 0 Å². The molecule has 2 aromatic carbocycles. The largest absolute Gasteiger partial charge is 0.481 e. The van der Waals surface area contributed by atoms with Crippen LogP contribution >= 0.6 is 0 Å². The molecule has 3 aromatic rings. The molecule has 27 heavy (non-hydrogen) atoms. The summed E-state index contributed by atoms with van der Waals surface area (Å²) in [5, 5.41) is 17.5. The number of aromatic nitrogens is 2. The standard InChI is InChI=1S/C19H19N3O5/c1-12-20-18(27-22-12)11-26-10-17(23)21-16(9-19(24)25)15-7-6-13-4-2-3-5-14(13)8-15/h2-8,16H,9-11H2,1H3,(H,21,23)(H,24,25)/t16-/m0/s1. The van der Waals surface area contributed by atoms with Crippen molar-refractivity contribution in [2.75, 3.05) is 6.61 Å². The predicted molar refractivity (Wildman–Crippen MR) is 95.8 cm³/mol. The molecule has 8 heteroatoms. The SMILES string of the molecule is Cc1noc(COCC(=O)N[C@@H](CC(=O)O)c2ccc3ccccc3c2)n1. The van der Waals surface area contributed by atoms with E-state index in [1.165, 1.54) is 0 Å². The van der Waals surface area contributed by atoms with Crippen LogP contribution in [0.5, 0.6) is 0 Å². The number of aliphatic carboxylic acids is 1. The Balaban J connectivity index is 1.64. The van der Waals surface area contributed by atoms with Gasteiger partial charge in [0.25, 0.3) is 5.89 Å². The fraction of sp³-hybridized carbons (Fsp3) is 0.263. The van der Waals surface area contributed by atoms with Gasteiger partial charge < -0.3 is 19.7 Å². The van der Waals surface area contributed by atoms with E-state index in [1.807, 2.05) is 42.5 Å². The first-order valence-electron chi connectivity index (χ1n) is 8.38. The summed E-state index contributed by atoms with van der Waals surface area (Å²) in [5.74, 6) is -0.672. The lowest BCUT2D eigenvalue weighted by molar-refractivity contribution is -0.138. The quantitative estimate of drug-likeness (QED) is 0.626. The molecule has 1 heterocycles. The number of hydrogen-bond acceptors (Lipinski definition) is 6. The molecule has 2 N–H and O–H groups in total. The second-order valence-corrected chi connectivity index (χ2v) is 6.05. The maximum absolute atomic E-state index is 12.2. The molecule has 0 saturated heterocycles. The third kappa shape index (κ3) is 5.11. The van der Waals surface area contributed by atoms with Gasteiger partial charge in [-0.3, -0.25) is 9.59 Å². The lowest BCUT2D eigenvalue weighted by atomic mass is 9.99. The Morgan fingerprint density at radius 1 is 1.22 bits per heavy atom. The number of carboxylic acid groups (broad SMARTS) is 1. The van der Waals surface area contributed by atoms with Gasteiger partial charge >= 0.3 is 5.97 Å². The topological polar surface area (TPSA) is 115 Å². The van der Waals surface area contributed by atoms with E-state index in [2.05, 4.69) is 15.5 Å². The fourth-order valence-corrected chi connectivity index (χ4v) is 2.72. The molecule has 1 aromatic heterocycles. The molecule has 8 nitrogen and oxygen atoms in total. The number of benzene rings is 2. The number of carbonyl (C=O) groups excluding carboxylic acids is 1. The van der Waals surface area contributed by atoms with Gasteiger partial charge in [0, 0.05) is 0 Å². The lowest BCUT2D eigenvalue weighted by Gasteiger charge is -2.18. The van der Waals surface area contributed by atoms with E-state index < -0.39 is 17.9 Å². The molecule has 0 spiro atoms. The van der Waals surface area contributed by atoms with E-state index in [-0.39, 0.29) is 25.5 Å². The first kappa shape index (κ1) is 18.5. The number of carboxylic acids is 1. The molecule has 1 amide bonds. The van der Waals surface area contributed by atoms with Crippen LogP contribution in [0.25, 0.3) is 10.8 Å². The zero-order chi connectivity index (χ0) is 19.2. The first-order chi connectivity index (χ1) is 13.0. The molecule has 1 atom stereocenters. The molecule has 0 saturated carbocycles. The number of nitrogens with one attached hydrogen (secondary N) is 1. The average molecular weight is 369 g/mol. The molecule has 0 unspecified atom stereocenters. The molecular weight excluding hydrogens is 350 g/mol. The van der Waals surface area contributed by atoms with Crippen LogP contribution in [0.15, 0.2) is 47.0 Å². The molecule has 140 valence electrons.